The summed E-state index contributed by atoms with van der Waals surface area (Å²) in [6.45, 7) is 0. The summed E-state index contributed by atoms with van der Waals surface area (Å²) in [6.07, 6.45) is 0.146. The Bertz CT molecular complexity index is 1580. The molecule has 2 aromatic carbocycles. The zero-order chi connectivity index (χ0) is 30.0. The second-order valence-corrected chi connectivity index (χ2v) is 11.0. The first-order valence-electron chi connectivity index (χ1n) is 12.8. The summed E-state index contributed by atoms with van der Waals surface area (Å²) in [4.78, 5) is 52.4. The molecule has 0 saturated heterocycles. The molecular weight excluding hydrogens is 554 g/mol. The summed E-state index contributed by atoms with van der Waals surface area (Å²) < 4.78 is 0. The van der Waals surface area contributed by atoms with Gasteiger partial charge in [0.05, 0.1) is 11.6 Å². The van der Waals surface area contributed by atoms with Crippen LogP contribution in [0.25, 0.3) is 16.9 Å². The monoisotopic (exact) mass is 581 g/mol. The van der Waals surface area contributed by atoms with Crippen LogP contribution in [0.2, 0.25) is 0 Å². The predicted octanol–water partition coefficient (Wildman–Crippen LogP) is 1.81. The Morgan fingerprint density at radius 3 is 2.34 bits per heavy atom. The van der Waals surface area contributed by atoms with Gasteiger partial charge in [0.1, 0.15) is 28.7 Å². The molecule has 0 unspecified atom stereocenters. The molecule has 0 heterocycles. The highest BCUT2D eigenvalue weighted by molar-refractivity contribution is 6.29. The fraction of sp³-hybridized carbons (Fsp3) is 0.310. The maximum atomic E-state index is 13.9. The number of aromatic hydroxyl groups is 1. The number of halogens is 1. The molecule has 0 aliphatic heterocycles. The van der Waals surface area contributed by atoms with E-state index < -0.39 is 58.0 Å². The molecule has 11 nitrogen and oxygen atoms in total. The lowest BCUT2D eigenvalue weighted by atomic mass is 9.57. The molecule has 4 atom stereocenters. The number of ketones is 2. The number of nitrogens with two attached hydrogens (primary N) is 1. The van der Waals surface area contributed by atoms with E-state index in [1.807, 2.05) is 0 Å². The number of amides is 2. The normalized spacial score (nSPS) is 25.5. The first-order chi connectivity index (χ1) is 19.3. The van der Waals surface area contributed by atoms with E-state index in [1.165, 1.54) is 11.0 Å². The van der Waals surface area contributed by atoms with Gasteiger partial charge in [-0.1, -0.05) is 18.2 Å². The van der Waals surface area contributed by atoms with Crippen molar-refractivity contribution >= 4 is 46.4 Å². The Balaban J connectivity index is 1.65. The predicted molar refractivity (Wildman–Crippen MR) is 149 cm³/mol. The fourth-order valence-corrected chi connectivity index (χ4v) is 6.51. The Hall–Kier alpha value is -4.19. The summed E-state index contributed by atoms with van der Waals surface area (Å²) in [5, 5.41) is 47.4. The third-order valence-electron chi connectivity index (χ3n) is 8.21. The Kier molecular flexibility index (Phi) is 6.93. The second-order valence-electron chi connectivity index (χ2n) is 10.7. The fourth-order valence-electron chi connectivity index (χ4n) is 6.44. The number of phenolic OH excluding ortho intramolecular Hbond substituents is 1. The number of benzene rings is 2. The van der Waals surface area contributed by atoms with Crippen molar-refractivity contribution in [1.29, 1.82) is 0 Å². The highest BCUT2D eigenvalue weighted by atomic mass is 35.5. The van der Waals surface area contributed by atoms with Crippen LogP contribution in [0, 0.1) is 11.8 Å². The topological polar surface area (TPSA) is 190 Å². The number of anilines is 1. The van der Waals surface area contributed by atoms with Crippen molar-refractivity contribution < 1.29 is 39.6 Å². The molecule has 214 valence electrons. The average molecular weight is 582 g/mol. The van der Waals surface area contributed by atoms with E-state index in [9.17, 15) is 39.6 Å². The summed E-state index contributed by atoms with van der Waals surface area (Å²) >= 11 is 5.56. The van der Waals surface area contributed by atoms with Crippen LogP contribution in [0.1, 0.15) is 17.5 Å². The number of rotatable bonds is 5. The van der Waals surface area contributed by atoms with Gasteiger partial charge in [0.15, 0.2) is 11.4 Å². The van der Waals surface area contributed by atoms with Gasteiger partial charge in [-0.05, 0) is 67.7 Å². The zero-order valence-electron chi connectivity index (χ0n) is 22.1. The molecule has 2 aromatic rings. The van der Waals surface area contributed by atoms with Crippen LogP contribution in [0.5, 0.6) is 5.75 Å². The second kappa shape index (κ2) is 10.0. The number of carbonyl (C=O) groups is 4. The summed E-state index contributed by atoms with van der Waals surface area (Å²) in [5.41, 5.74) is 3.98. The van der Waals surface area contributed by atoms with E-state index in [-0.39, 0.29) is 41.5 Å². The lowest BCUT2D eigenvalue weighted by molar-refractivity contribution is -0.153. The van der Waals surface area contributed by atoms with E-state index in [2.05, 4.69) is 5.32 Å². The van der Waals surface area contributed by atoms with Gasteiger partial charge in [-0.25, -0.2) is 0 Å². The van der Waals surface area contributed by atoms with Gasteiger partial charge < -0.3 is 31.5 Å². The van der Waals surface area contributed by atoms with Crippen molar-refractivity contribution in [3.63, 3.8) is 0 Å². The number of phenols is 1. The van der Waals surface area contributed by atoms with E-state index in [4.69, 9.17) is 17.3 Å². The first-order valence-corrected chi connectivity index (χ1v) is 13.3. The van der Waals surface area contributed by atoms with Gasteiger partial charge in [0.2, 0.25) is 11.7 Å². The van der Waals surface area contributed by atoms with E-state index in [1.54, 1.807) is 44.4 Å². The molecule has 3 aliphatic rings. The molecule has 3 aliphatic carbocycles. The van der Waals surface area contributed by atoms with Crippen LogP contribution >= 0.6 is 11.6 Å². The van der Waals surface area contributed by atoms with E-state index in [0.29, 0.717) is 22.4 Å². The lowest BCUT2D eigenvalue weighted by Crippen LogP contribution is -2.65. The quantitative estimate of drug-likeness (QED) is 0.226. The molecule has 12 heteroatoms. The minimum absolute atomic E-state index is 0.00157. The zero-order valence-corrected chi connectivity index (χ0v) is 22.9. The van der Waals surface area contributed by atoms with Crippen LogP contribution in [0.15, 0.2) is 53.3 Å². The number of nitrogens with zero attached hydrogens (tertiary/aromatic N) is 1. The van der Waals surface area contributed by atoms with Crippen LogP contribution in [-0.4, -0.2) is 80.3 Å². The van der Waals surface area contributed by atoms with Gasteiger partial charge in [0, 0.05) is 17.2 Å². The third-order valence-corrected chi connectivity index (χ3v) is 8.45. The Morgan fingerprint density at radius 2 is 1.76 bits per heavy atom. The van der Waals surface area contributed by atoms with Gasteiger partial charge >= 0.3 is 0 Å². The van der Waals surface area contributed by atoms with Crippen LogP contribution in [0.4, 0.5) is 5.69 Å². The van der Waals surface area contributed by atoms with Gasteiger partial charge in [-0.2, -0.15) is 0 Å². The van der Waals surface area contributed by atoms with Crippen molar-refractivity contribution in [3.8, 4) is 16.9 Å². The average Bonchev–Trinajstić information content (AvgIpc) is 2.91. The number of Topliss-reactive ketones (excluding diaryl/α,β-unsaturated/α-hetero) is 2. The summed E-state index contributed by atoms with van der Waals surface area (Å²) in [6, 6.07) is 8.71. The SMILES string of the molecule is CN(C)[C@@H]1C(=O)C(C(N)=O)=C(O)[C@@]2(O)C(=O)C3=C(O)c4c(O)ccc(-c5ccc(NC(=O)CCl)cc5)c4C[C@H]3C[C@@H]12. The number of hydrogen-bond acceptors (Lipinski definition) is 9. The molecule has 5 rings (SSSR count). The van der Waals surface area contributed by atoms with Gasteiger partial charge in [-0.15, -0.1) is 11.6 Å². The highest BCUT2D eigenvalue weighted by Gasteiger charge is 2.64. The molecular formula is C29H28ClN3O8. The number of carbonyl (C=O) groups excluding carboxylic acids is 4. The molecule has 0 spiro atoms. The number of nitrogens with one attached hydrogen (secondary N) is 1. The van der Waals surface area contributed by atoms with Crippen LogP contribution in [0.3, 0.4) is 0 Å². The van der Waals surface area contributed by atoms with Crippen molar-refractivity contribution in [2.75, 3.05) is 25.3 Å². The summed E-state index contributed by atoms with van der Waals surface area (Å²) in [7, 11) is 3.09. The molecule has 1 saturated carbocycles. The molecule has 7 N–H and O–H groups in total. The molecule has 0 radical (unpaired) electrons. The minimum Gasteiger partial charge on any atom is -0.508 e. The van der Waals surface area contributed by atoms with Crippen molar-refractivity contribution in [3.05, 3.63) is 64.4 Å². The number of fused-ring (bicyclic) bond motifs is 3. The minimum atomic E-state index is -2.69. The maximum absolute atomic E-state index is 13.9. The highest BCUT2D eigenvalue weighted by Crippen LogP contribution is 2.53. The molecule has 0 aromatic heterocycles. The van der Waals surface area contributed by atoms with Crippen molar-refractivity contribution in [1.82, 2.24) is 4.90 Å². The van der Waals surface area contributed by atoms with E-state index >= 15 is 0 Å². The Labute approximate surface area is 239 Å². The molecule has 0 bridgehead atoms. The van der Waals surface area contributed by atoms with Crippen molar-refractivity contribution in [2.24, 2.45) is 17.6 Å². The maximum Gasteiger partial charge on any atom is 0.255 e. The number of aliphatic hydroxyl groups excluding tert-OH is 2. The number of likely N-dealkylation sites (N-methyl/N-ethyl adjacent to an activating group) is 1. The smallest absolute Gasteiger partial charge is 0.255 e. The number of hydrogen-bond donors (Lipinski definition) is 6. The lowest BCUT2D eigenvalue weighted by Gasteiger charge is -2.50. The van der Waals surface area contributed by atoms with Gasteiger partial charge in [0.25, 0.3) is 5.91 Å². The van der Waals surface area contributed by atoms with E-state index in [0.717, 1.165) is 0 Å². The summed E-state index contributed by atoms with van der Waals surface area (Å²) in [5.74, 6) is -7.59. The number of alkyl halides is 1. The first kappa shape index (κ1) is 28.3. The third kappa shape index (κ3) is 4.19. The molecule has 1 fully saturated rings. The molecule has 41 heavy (non-hydrogen) atoms. The molecule has 2 amide bonds. The Morgan fingerprint density at radius 1 is 1.10 bits per heavy atom. The van der Waals surface area contributed by atoms with Crippen LogP contribution in [-0.2, 0) is 25.6 Å². The number of aliphatic hydroxyl groups is 3. The van der Waals surface area contributed by atoms with Crippen molar-refractivity contribution in [2.45, 2.75) is 24.5 Å². The van der Waals surface area contributed by atoms with Crippen LogP contribution < -0.4 is 11.1 Å². The number of primary amides is 1. The van der Waals surface area contributed by atoms with Gasteiger partial charge in [-0.3, -0.25) is 24.1 Å². The largest absolute Gasteiger partial charge is 0.508 e. The standard InChI is InChI=1S/C29H28ClN3O8/c1-33(2)23-17-10-13-9-16-15(12-3-5-14(6-4-12)32-19(35)11-30)7-8-18(34)21(16)24(36)20(13)26(38)29(17,41)27(39)22(25(23)37)28(31)40/h3-8,13,17,23,34,36,39,41H,9-11H2,1-2H3,(H2,31,40)(H,32,35)/t13-,17-,23-,29-/m0/s1.